The highest BCUT2D eigenvalue weighted by atomic mass is 35.5. The molecule has 0 amide bonds. The second-order valence-corrected chi connectivity index (χ2v) is 6.44. The summed E-state index contributed by atoms with van der Waals surface area (Å²) in [7, 11) is 0. The molecule has 0 unspecified atom stereocenters. The minimum Gasteiger partial charge on any atom is -0.456 e. The zero-order chi connectivity index (χ0) is 21.6. The molecule has 0 aliphatic heterocycles. The van der Waals surface area contributed by atoms with Gasteiger partial charge in [0.15, 0.2) is 0 Å². The highest BCUT2D eigenvalue weighted by molar-refractivity contribution is 6.32. The van der Waals surface area contributed by atoms with Crippen LogP contribution in [-0.4, -0.2) is 18.1 Å². The Morgan fingerprint density at radius 2 is 1.90 bits per heavy atom. The Bertz CT molecular complexity index is 862. The molecule has 0 aliphatic rings. The van der Waals surface area contributed by atoms with Crippen LogP contribution < -0.4 is 9.80 Å². The quantitative estimate of drug-likeness (QED) is 0.253. The minimum absolute atomic E-state index is 0.00517. The summed E-state index contributed by atoms with van der Waals surface area (Å²) in [5, 5.41) is 12.5. The van der Waals surface area contributed by atoms with Crippen molar-refractivity contribution < 1.29 is 27.7 Å². The van der Waals surface area contributed by atoms with E-state index in [-0.39, 0.29) is 27.9 Å². The van der Waals surface area contributed by atoms with Crippen LogP contribution in [0.5, 0.6) is 11.5 Å². The van der Waals surface area contributed by atoms with E-state index in [4.69, 9.17) is 21.2 Å². The van der Waals surface area contributed by atoms with Crippen molar-refractivity contribution in [3.05, 3.63) is 57.1 Å². The predicted octanol–water partition coefficient (Wildman–Crippen LogP) is 6.62. The number of ether oxygens (including phenoxy) is 1. The summed E-state index contributed by atoms with van der Waals surface area (Å²) in [5.74, 6) is 0.166. The average Bonchev–Trinajstić information content (AvgIpc) is 2.66. The number of halogens is 4. The van der Waals surface area contributed by atoms with Gasteiger partial charge in [0, 0.05) is 18.7 Å². The van der Waals surface area contributed by atoms with Crippen LogP contribution in [0.2, 0.25) is 5.02 Å². The van der Waals surface area contributed by atoms with Gasteiger partial charge in [-0.15, -0.1) is 0 Å². The summed E-state index contributed by atoms with van der Waals surface area (Å²) in [5.41, 5.74) is -0.913. The fourth-order valence-electron chi connectivity index (χ4n) is 2.46. The van der Waals surface area contributed by atoms with Gasteiger partial charge in [-0.05, 0) is 37.6 Å². The van der Waals surface area contributed by atoms with E-state index in [2.05, 4.69) is 0 Å². The molecule has 29 heavy (non-hydrogen) atoms. The van der Waals surface area contributed by atoms with Crippen molar-refractivity contribution in [1.29, 1.82) is 0 Å². The Kier molecular flexibility index (Phi) is 7.69. The Labute approximate surface area is 170 Å². The van der Waals surface area contributed by atoms with E-state index in [1.165, 1.54) is 23.3 Å². The fraction of sp³-hybridized carbons (Fsp3) is 0.368. The van der Waals surface area contributed by atoms with Crippen LogP contribution in [0.1, 0.15) is 32.3 Å². The topological polar surface area (TPSA) is 64.8 Å². The molecular weight excluding hydrogens is 413 g/mol. The molecule has 0 spiro atoms. The molecule has 6 nitrogen and oxygen atoms in total. The van der Waals surface area contributed by atoms with Crippen molar-refractivity contribution in [2.24, 2.45) is 0 Å². The third-order valence-electron chi connectivity index (χ3n) is 3.93. The SMILES string of the molecule is CCCCON(CC)c1cc(Oc2ccc(C(F)(F)F)cc2Cl)ccc1[N+](=O)[O-]. The van der Waals surface area contributed by atoms with Gasteiger partial charge in [0.2, 0.25) is 0 Å². The number of nitrogens with zero attached hydrogens (tertiary/aromatic N) is 2. The first-order chi connectivity index (χ1) is 13.7. The Morgan fingerprint density at radius 1 is 1.17 bits per heavy atom. The molecule has 0 saturated heterocycles. The largest absolute Gasteiger partial charge is 0.456 e. The van der Waals surface area contributed by atoms with Crippen molar-refractivity contribution in [2.45, 2.75) is 32.9 Å². The van der Waals surface area contributed by atoms with E-state index in [0.29, 0.717) is 13.2 Å². The monoisotopic (exact) mass is 432 g/mol. The standard InChI is InChI=1S/C19H20ClF3N2O4/c1-3-5-10-28-24(4-2)17-12-14(7-8-16(17)25(26)27)29-18-9-6-13(11-15(18)20)19(21,22)23/h6-9,11-12H,3-5,10H2,1-2H3. The highest BCUT2D eigenvalue weighted by Gasteiger charge is 2.31. The van der Waals surface area contributed by atoms with Gasteiger partial charge in [-0.25, -0.2) is 5.06 Å². The lowest BCUT2D eigenvalue weighted by Crippen LogP contribution is -2.24. The minimum atomic E-state index is -4.53. The van der Waals surface area contributed by atoms with Crippen LogP contribution in [0.15, 0.2) is 36.4 Å². The van der Waals surface area contributed by atoms with Crippen LogP contribution in [0.25, 0.3) is 0 Å². The number of hydroxylamine groups is 1. The number of hydrogen-bond acceptors (Lipinski definition) is 5. The number of anilines is 1. The summed E-state index contributed by atoms with van der Waals surface area (Å²) >= 11 is 5.91. The number of alkyl halides is 3. The van der Waals surface area contributed by atoms with Crippen molar-refractivity contribution in [1.82, 2.24) is 0 Å². The first-order valence-electron chi connectivity index (χ1n) is 8.90. The van der Waals surface area contributed by atoms with Gasteiger partial charge >= 0.3 is 6.18 Å². The smallest absolute Gasteiger partial charge is 0.416 e. The summed E-state index contributed by atoms with van der Waals surface area (Å²) in [6, 6.07) is 6.68. The van der Waals surface area contributed by atoms with Crippen molar-refractivity contribution in [2.75, 3.05) is 18.2 Å². The van der Waals surface area contributed by atoms with E-state index in [9.17, 15) is 23.3 Å². The van der Waals surface area contributed by atoms with Gasteiger partial charge in [-0.1, -0.05) is 24.9 Å². The van der Waals surface area contributed by atoms with Crippen LogP contribution in [0.4, 0.5) is 24.5 Å². The van der Waals surface area contributed by atoms with Crippen molar-refractivity contribution >= 4 is 23.0 Å². The van der Waals surface area contributed by atoms with Crippen molar-refractivity contribution in [3.8, 4) is 11.5 Å². The maximum atomic E-state index is 12.8. The van der Waals surface area contributed by atoms with Crippen LogP contribution in [-0.2, 0) is 11.0 Å². The van der Waals surface area contributed by atoms with Crippen LogP contribution in [0.3, 0.4) is 0 Å². The second kappa shape index (κ2) is 9.80. The summed E-state index contributed by atoms with van der Waals surface area (Å²) < 4.78 is 43.9. The lowest BCUT2D eigenvalue weighted by molar-refractivity contribution is -0.384. The maximum absolute atomic E-state index is 12.8. The van der Waals surface area contributed by atoms with E-state index in [0.717, 1.165) is 31.0 Å². The second-order valence-electron chi connectivity index (χ2n) is 6.03. The molecule has 0 radical (unpaired) electrons. The van der Waals surface area contributed by atoms with Crippen LogP contribution >= 0.6 is 11.6 Å². The molecule has 0 atom stereocenters. The van der Waals surface area contributed by atoms with Gasteiger partial charge in [0.1, 0.15) is 17.2 Å². The highest BCUT2D eigenvalue weighted by Crippen LogP contribution is 2.38. The molecule has 0 aromatic heterocycles. The predicted molar refractivity (Wildman–Crippen MR) is 104 cm³/mol. The van der Waals surface area contributed by atoms with E-state index in [1.54, 1.807) is 6.92 Å². The zero-order valence-corrected chi connectivity index (χ0v) is 16.6. The maximum Gasteiger partial charge on any atom is 0.416 e. The zero-order valence-electron chi connectivity index (χ0n) is 15.8. The molecule has 2 aromatic rings. The molecule has 0 aliphatic carbocycles. The molecule has 10 heteroatoms. The van der Waals surface area contributed by atoms with Gasteiger partial charge < -0.3 is 4.74 Å². The third-order valence-corrected chi connectivity index (χ3v) is 4.23. The van der Waals surface area contributed by atoms with Gasteiger partial charge in [0.25, 0.3) is 5.69 Å². The molecule has 0 saturated carbocycles. The fourth-order valence-corrected chi connectivity index (χ4v) is 2.68. The number of nitro groups is 1. The first-order valence-corrected chi connectivity index (χ1v) is 9.28. The summed E-state index contributed by atoms with van der Waals surface area (Å²) in [6.07, 6.45) is -2.85. The lowest BCUT2D eigenvalue weighted by atomic mass is 10.2. The van der Waals surface area contributed by atoms with Gasteiger partial charge in [-0.3, -0.25) is 15.0 Å². The third kappa shape index (κ3) is 5.98. The first kappa shape index (κ1) is 22.8. The number of rotatable bonds is 9. The normalized spacial score (nSPS) is 11.4. The Morgan fingerprint density at radius 3 is 2.45 bits per heavy atom. The molecule has 2 rings (SSSR count). The molecule has 158 valence electrons. The molecule has 0 fully saturated rings. The summed E-state index contributed by atoms with van der Waals surface area (Å²) in [4.78, 5) is 16.4. The van der Waals surface area contributed by atoms with Gasteiger partial charge in [-0.2, -0.15) is 13.2 Å². The number of hydrogen-bond donors (Lipinski definition) is 0. The Balaban J connectivity index is 2.33. The average molecular weight is 433 g/mol. The van der Waals surface area contributed by atoms with E-state index >= 15 is 0 Å². The molecule has 0 N–H and O–H groups in total. The Hall–Kier alpha value is -2.52. The number of unbranched alkanes of at least 4 members (excludes halogenated alkanes) is 1. The van der Waals surface area contributed by atoms with Crippen LogP contribution in [0, 0.1) is 10.1 Å². The lowest BCUT2D eigenvalue weighted by Gasteiger charge is -2.22. The van der Waals surface area contributed by atoms with Crippen molar-refractivity contribution in [3.63, 3.8) is 0 Å². The molecule has 0 bridgehead atoms. The molecule has 0 heterocycles. The number of benzene rings is 2. The van der Waals surface area contributed by atoms with E-state index < -0.39 is 16.7 Å². The molecular formula is C19H20ClF3N2O4. The molecule has 2 aromatic carbocycles. The number of nitro benzene ring substituents is 1. The van der Waals surface area contributed by atoms with Gasteiger partial charge in [0.05, 0.1) is 22.1 Å². The summed E-state index contributed by atoms with van der Waals surface area (Å²) in [6.45, 7) is 4.49. The van der Waals surface area contributed by atoms with E-state index in [1.807, 2.05) is 6.92 Å².